The summed E-state index contributed by atoms with van der Waals surface area (Å²) in [7, 11) is 0. The number of carbonyl (C=O) groups is 1. The molecule has 2 aromatic rings. The van der Waals surface area contributed by atoms with Gasteiger partial charge in [0.2, 0.25) is 6.79 Å². The number of amides is 1. The van der Waals surface area contributed by atoms with Crippen molar-refractivity contribution in [3.63, 3.8) is 0 Å². The van der Waals surface area contributed by atoms with Gasteiger partial charge in [0.15, 0.2) is 11.5 Å². The van der Waals surface area contributed by atoms with E-state index in [-0.39, 0.29) is 12.7 Å². The molecule has 5 heteroatoms. The summed E-state index contributed by atoms with van der Waals surface area (Å²) in [6, 6.07) is 13.6. The molecule has 0 saturated heterocycles. The van der Waals surface area contributed by atoms with Gasteiger partial charge in [-0.3, -0.25) is 4.79 Å². The van der Waals surface area contributed by atoms with E-state index in [1.54, 1.807) is 11.8 Å². The van der Waals surface area contributed by atoms with Gasteiger partial charge in [-0.15, -0.1) is 11.8 Å². The summed E-state index contributed by atoms with van der Waals surface area (Å²) in [6.07, 6.45) is 0.755. The Hall–Kier alpha value is -2.14. The standard InChI is InChI=1S/C18H19NO3S/c1-2-23-17-6-4-3-5-14(17)18(20)19-10-9-13-7-8-15-16(11-13)22-12-21-15/h3-8,11H,2,9-10,12H2,1H3,(H,19,20). The fourth-order valence-electron chi connectivity index (χ4n) is 2.45. The first-order valence-corrected chi connectivity index (χ1v) is 8.65. The smallest absolute Gasteiger partial charge is 0.252 e. The van der Waals surface area contributed by atoms with Gasteiger partial charge in [-0.2, -0.15) is 0 Å². The molecule has 120 valence electrons. The molecule has 1 aliphatic heterocycles. The molecular weight excluding hydrogens is 310 g/mol. The van der Waals surface area contributed by atoms with Crippen LogP contribution in [0.3, 0.4) is 0 Å². The highest BCUT2D eigenvalue weighted by molar-refractivity contribution is 7.99. The maximum atomic E-state index is 12.3. The van der Waals surface area contributed by atoms with Gasteiger partial charge >= 0.3 is 0 Å². The third kappa shape index (κ3) is 3.79. The Bertz CT molecular complexity index is 702. The van der Waals surface area contributed by atoms with Crippen LogP contribution in [0.2, 0.25) is 0 Å². The van der Waals surface area contributed by atoms with Gasteiger partial charge in [0.05, 0.1) is 5.56 Å². The lowest BCUT2D eigenvalue weighted by Crippen LogP contribution is -2.26. The number of carbonyl (C=O) groups excluding carboxylic acids is 1. The highest BCUT2D eigenvalue weighted by atomic mass is 32.2. The third-order valence-electron chi connectivity index (χ3n) is 3.57. The van der Waals surface area contributed by atoms with Crippen LogP contribution in [0.4, 0.5) is 0 Å². The van der Waals surface area contributed by atoms with E-state index in [1.807, 2.05) is 42.5 Å². The average Bonchev–Trinajstić information content (AvgIpc) is 3.03. The first kappa shape index (κ1) is 15.7. The summed E-state index contributed by atoms with van der Waals surface area (Å²) in [4.78, 5) is 13.4. The van der Waals surface area contributed by atoms with Gasteiger partial charge < -0.3 is 14.8 Å². The average molecular weight is 329 g/mol. The Morgan fingerprint density at radius 1 is 1.17 bits per heavy atom. The second kappa shape index (κ2) is 7.42. The molecule has 4 nitrogen and oxygen atoms in total. The molecule has 2 aromatic carbocycles. The molecule has 0 aliphatic carbocycles. The SMILES string of the molecule is CCSc1ccccc1C(=O)NCCc1ccc2c(c1)OCO2. The van der Waals surface area contributed by atoms with Crippen LogP contribution < -0.4 is 14.8 Å². The van der Waals surface area contributed by atoms with Crippen molar-refractivity contribution >= 4 is 17.7 Å². The summed E-state index contributed by atoms with van der Waals surface area (Å²) >= 11 is 1.68. The zero-order chi connectivity index (χ0) is 16.1. The molecule has 1 amide bonds. The zero-order valence-electron chi connectivity index (χ0n) is 13.0. The second-order valence-electron chi connectivity index (χ2n) is 5.12. The monoisotopic (exact) mass is 329 g/mol. The van der Waals surface area contributed by atoms with E-state index in [4.69, 9.17) is 9.47 Å². The number of fused-ring (bicyclic) bond motifs is 1. The molecule has 0 saturated carbocycles. The van der Waals surface area contributed by atoms with Crippen LogP contribution in [0, 0.1) is 0 Å². The van der Waals surface area contributed by atoms with E-state index in [2.05, 4.69) is 12.2 Å². The molecule has 0 bridgehead atoms. The second-order valence-corrected chi connectivity index (χ2v) is 6.43. The van der Waals surface area contributed by atoms with Crippen LogP contribution in [0.1, 0.15) is 22.8 Å². The molecular formula is C18H19NO3S. The highest BCUT2D eigenvalue weighted by Crippen LogP contribution is 2.32. The molecule has 23 heavy (non-hydrogen) atoms. The lowest BCUT2D eigenvalue weighted by atomic mass is 10.1. The molecule has 0 fully saturated rings. The van der Waals surface area contributed by atoms with E-state index in [0.717, 1.165) is 39.7 Å². The van der Waals surface area contributed by atoms with Crippen molar-refractivity contribution in [1.29, 1.82) is 0 Å². The first-order chi connectivity index (χ1) is 11.3. The van der Waals surface area contributed by atoms with E-state index < -0.39 is 0 Å². The van der Waals surface area contributed by atoms with Crippen LogP contribution in [0.15, 0.2) is 47.4 Å². The number of nitrogens with one attached hydrogen (secondary N) is 1. The number of thioether (sulfide) groups is 1. The molecule has 3 rings (SSSR count). The van der Waals surface area contributed by atoms with E-state index in [9.17, 15) is 4.79 Å². The zero-order valence-corrected chi connectivity index (χ0v) is 13.8. The minimum absolute atomic E-state index is 0.0257. The first-order valence-electron chi connectivity index (χ1n) is 7.66. The molecule has 1 N–H and O–H groups in total. The van der Waals surface area contributed by atoms with Gasteiger partial charge in [-0.25, -0.2) is 0 Å². The van der Waals surface area contributed by atoms with Gasteiger partial charge in [-0.05, 0) is 42.0 Å². The van der Waals surface area contributed by atoms with Crippen molar-refractivity contribution in [3.8, 4) is 11.5 Å². The third-order valence-corrected chi connectivity index (χ3v) is 4.52. The van der Waals surface area contributed by atoms with Crippen molar-refractivity contribution in [2.24, 2.45) is 0 Å². The summed E-state index contributed by atoms with van der Waals surface area (Å²) in [5.74, 6) is 2.48. The predicted octanol–water partition coefficient (Wildman–Crippen LogP) is 3.50. The minimum atomic E-state index is -0.0257. The van der Waals surface area contributed by atoms with Crippen LogP contribution in [0.25, 0.3) is 0 Å². The predicted molar refractivity (Wildman–Crippen MR) is 91.4 cm³/mol. The number of ether oxygens (including phenoxy) is 2. The quantitative estimate of drug-likeness (QED) is 0.824. The van der Waals surface area contributed by atoms with Crippen molar-refractivity contribution in [3.05, 3.63) is 53.6 Å². The van der Waals surface area contributed by atoms with Crippen LogP contribution in [-0.2, 0) is 6.42 Å². The fourth-order valence-corrected chi connectivity index (χ4v) is 3.25. The van der Waals surface area contributed by atoms with Gasteiger partial charge in [0, 0.05) is 11.4 Å². The fraction of sp³-hybridized carbons (Fsp3) is 0.278. The Labute approximate surface area is 140 Å². The highest BCUT2D eigenvalue weighted by Gasteiger charge is 2.14. The molecule has 0 unspecified atom stereocenters. The number of benzene rings is 2. The molecule has 0 aromatic heterocycles. The van der Waals surface area contributed by atoms with Crippen molar-refractivity contribution in [2.45, 2.75) is 18.2 Å². The van der Waals surface area contributed by atoms with E-state index in [0.29, 0.717) is 6.54 Å². The lowest BCUT2D eigenvalue weighted by molar-refractivity contribution is 0.0951. The van der Waals surface area contributed by atoms with Crippen LogP contribution in [0.5, 0.6) is 11.5 Å². The largest absolute Gasteiger partial charge is 0.454 e. The Morgan fingerprint density at radius 3 is 2.87 bits per heavy atom. The molecule has 0 atom stereocenters. The van der Waals surface area contributed by atoms with Gasteiger partial charge in [-0.1, -0.05) is 25.1 Å². The molecule has 1 heterocycles. The van der Waals surface area contributed by atoms with E-state index in [1.165, 1.54) is 0 Å². The molecule has 0 radical (unpaired) electrons. The Morgan fingerprint density at radius 2 is 2.00 bits per heavy atom. The van der Waals surface area contributed by atoms with Crippen LogP contribution in [-0.4, -0.2) is 25.0 Å². The van der Waals surface area contributed by atoms with Crippen molar-refractivity contribution < 1.29 is 14.3 Å². The maximum Gasteiger partial charge on any atom is 0.252 e. The summed E-state index contributed by atoms with van der Waals surface area (Å²) in [5.41, 5.74) is 1.86. The number of hydrogen-bond donors (Lipinski definition) is 1. The lowest BCUT2D eigenvalue weighted by Gasteiger charge is -2.09. The van der Waals surface area contributed by atoms with Crippen molar-refractivity contribution in [1.82, 2.24) is 5.32 Å². The Balaban J connectivity index is 1.57. The normalized spacial score (nSPS) is 12.2. The minimum Gasteiger partial charge on any atom is -0.454 e. The van der Waals surface area contributed by atoms with Gasteiger partial charge in [0.1, 0.15) is 0 Å². The Kier molecular flexibility index (Phi) is 5.08. The summed E-state index contributed by atoms with van der Waals surface area (Å²) < 4.78 is 10.7. The topological polar surface area (TPSA) is 47.6 Å². The summed E-state index contributed by atoms with van der Waals surface area (Å²) in [6.45, 7) is 2.95. The number of hydrogen-bond acceptors (Lipinski definition) is 4. The van der Waals surface area contributed by atoms with Gasteiger partial charge in [0.25, 0.3) is 5.91 Å². The summed E-state index contributed by atoms with van der Waals surface area (Å²) in [5, 5.41) is 2.99. The van der Waals surface area contributed by atoms with Crippen LogP contribution >= 0.6 is 11.8 Å². The number of rotatable bonds is 6. The molecule has 0 spiro atoms. The maximum absolute atomic E-state index is 12.3. The molecule has 1 aliphatic rings. The van der Waals surface area contributed by atoms with E-state index >= 15 is 0 Å². The van der Waals surface area contributed by atoms with Crippen molar-refractivity contribution in [2.75, 3.05) is 19.1 Å².